The van der Waals surface area contributed by atoms with Crippen molar-refractivity contribution >= 4 is 17.6 Å². The highest BCUT2D eigenvalue weighted by Gasteiger charge is 2.44. The van der Waals surface area contributed by atoms with Gasteiger partial charge in [-0.3, -0.25) is 9.59 Å². The fourth-order valence-electron chi connectivity index (χ4n) is 3.19. The number of amides is 1. The molecule has 1 aliphatic heterocycles. The Hall–Kier alpha value is -3.39. The van der Waals surface area contributed by atoms with E-state index in [1.54, 1.807) is 6.92 Å². The average Bonchev–Trinajstić information content (AvgIpc) is 2.68. The number of nitriles is 1. The molecule has 5 heteroatoms. The molecule has 0 bridgehead atoms. The Labute approximate surface area is 151 Å². The third-order valence-corrected chi connectivity index (χ3v) is 4.33. The molecule has 0 aromatic heterocycles. The first-order valence-electron chi connectivity index (χ1n) is 8.39. The summed E-state index contributed by atoms with van der Waals surface area (Å²) in [5.41, 5.74) is 2.23. The summed E-state index contributed by atoms with van der Waals surface area (Å²) in [6.45, 7) is 1.86. The van der Waals surface area contributed by atoms with E-state index in [1.807, 2.05) is 60.7 Å². The van der Waals surface area contributed by atoms with Crippen LogP contribution in [0.25, 0.3) is 5.70 Å². The SMILES string of the molecule is CCOC(=O)C1C(=O)NC(c2ccccc2)=C(C#N)C1c1ccccc1. The van der Waals surface area contributed by atoms with Gasteiger partial charge < -0.3 is 10.1 Å². The molecule has 0 saturated carbocycles. The highest BCUT2D eigenvalue weighted by molar-refractivity contribution is 6.06. The molecular weight excluding hydrogens is 328 g/mol. The number of nitrogens with zero attached hydrogens (tertiary/aromatic N) is 1. The highest BCUT2D eigenvalue weighted by atomic mass is 16.5. The van der Waals surface area contributed by atoms with Crippen LogP contribution in [0.5, 0.6) is 0 Å². The second kappa shape index (κ2) is 7.66. The van der Waals surface area contributed by atoms with Crippen LogP contribution in [0.1, 0.15) is 24.0 Å². The number of nitrogens with one attached hydrogen (secondary N) is 1. The largest absolute Gasteiger partial charge is 0.465 e. The average molecular weight is 346 g/mol. The minimum absolute atomic E-state index is 0.168. The van der Waals surface area contributed by atoms with Crippen molar-refractivity contribution in [3.05, 3.63) is 77.4 Å². The van der Waals surface area contributed by atoms with Crippen LogP contribution in [-0.4, -0.2) is 18.5 Å². The Bertz CT molecular complexity index is 882. The van der Waals surface area contributed by atoms with Gasteiger partial charge >= 0.3 is 5.97 Å². The van der Waals surface area contributed by atoms with Crippen molar-refractivity contribution in [2.24, 2.45) is 5.92 Å². The molecule has 5 nitrogen and oxygen atoms in total. The molecule has 0 radical (unpaired) electrons. The summed E-state index contributed by atoms with van der Waals surface area (Å²) >= 11 is 0. The number of hydrogen-bond donors (Lipinski definition) is 1. The molecule has 130 valence electrons. The Kier molecular flexibility index (Phi) is 5.14. The van der Waals surface area contributed by atoms with Crippen LogP contribution >= 0.6 is 0 Å². The molecule has 3 rings (SSSR count). The first kappa shape index (κ1) is 17.4. The van der Waals surface area contributed by atoms with Crippen LogP contribution in [0, 0.1) is 17.2 Å². The molecule has 1 aliphatic rings. The van der Waals surface area contributed by atoms with Gasteiger partial charge in [-0.05, 0) is 18.1 Å². The normalized spacial score (nSPS) is 19.5. The van der Waals surface area contributed by atoms with Crippen molar-refractivity contribution in [1.82, 2.24) is 5.32 Å². The molecular formula is C21H18N2O3. The lowest BCUT2D eigenvalue weighted by atomic mass is 9.76. The first-order chi connectivity index (χ1) is 12.7. The zero-order valence-electron chi connectivity index (χ0n) is 14.3. The van der Waals surface area contributed by atoms with Gasteiger partial charge in [0.05, 0.1) is 23.9 Å². The maximum absolute atomic E-state index is 12.8. The Morgan fingerprint density at radius 3 is 2.31 bits per heavy atom. The van der Waals surface area contributed by atoms with Crippen LogP contribution in [0.4, 0.5) is 0 Å². The minimum Gasteiger partial charge on any atom is -0.465 e. The predicted molar refractivity (Wildman–Crippen MR) is 96.4 cm³/mol. The number of ether oxygens (including phenoxy) is 1. The smallest absolute Gasteiger partial charge is 0.319 e. The van der Waals surface area contributed by atoms with E-state index >= 15 is 0 Å². The van der Waals surface area contributed by atoms with Crippen molar-refractivity contribution in [2.75, 3.05) is 6.61 Å². The number of carbonyl (C=O) groups is 2. The summed E-state index contributed by atoms with van der Waals surface area (Å²) in [6.07, 6.45) is 0. The summed E-state index contributed by atoms with van der Waals surface area (Å²) in [6, 6.07) is 20.5. The summed E-state index contributed by atoms with van der Waals surface area (Å²) in [7, 11) is 0. The zero-order valence-corrected chi connectivity index (χ0v) is 14.3. The lowest BCUT2D eigenvalue weighted by molar-refractivity contribution is -0.152. The monoisotopic (exact) mass is 346 g/mol. The van der Waals surface area contributed by atoms with E-state index in [1.165, 1.54) is 0 Å². The maximum atomic E-state index is 12.8. The lowest BCUT2D eigenvalue weighted by Crippen LogP contribution is -2.44. The Balaban J connectivity index is 2.20. The van der Waals surface area contributed by atoms with Gasteiger partial charge in [-0.25, -0.2) is 0 Å². The fourth-order valence-corrected chi connectivity index (χ4v) is 3.19. The highest BCUT2D eigenvalue weighted by Crippen LogP contribution is 2.39. The van der Waals surface area contributed by atoms with Crippen LogP contribution in [-0.2, 0) is 14.3 Å². The zero-order chi connectivity index (χ0) is 18.5. The lowest BCUT2D eigenvalue weighted by Gasteiger charge is -2.31. The third kappa shape index (κ3) is 3.22. The van der Waals surface area contributed by atoms with Crippen molar-refractivity contribution in [3.8, 4) is 6.07 Å². The van der Waals surface area contributed by atoms with Crippen LogP contribution < -0.4 is 5.32 Å². The third-order valence-electron chi connectivity index (χ3n) is 4.33. The van der Waals surface area contributed by atoms with Gasteiger partial charge in [0.1, 0.15) is 5.92 Å². The van der Waals surface area contributed by atoms with E-state index in [2.05, 4.69) is 11.4 Å². The Morgan fingerprint density at radius 1 is 1.12 bits per heavy atom. The number of benzene rings is 2. The number of allylic oxidation sites excluding steroid dienone is 1. The number of hydrogen-bond acceptors (Lipinski definition) is 4. The van der Waals surface area contributed by atoms with Crippen molar-refractivity contribution in [3.63, 3.8) is 0 Å². The summed E-state index contributed by atoms with van der Waals surface area (Å²) in [5, 5.41) is 12.6. The van der Waals surface area contributed by atoms with E-state index in [4.69, 9.17) is 4.74 Å². The summed E-state index contributed by atoms with van der Waals surface area (Å²) < 4.78 is 5.11. The molecule has 2 aromatic carbocycles. The van der Waals surface area contributed by atoms with Crippen LogP contribution in [0.3, 0.4) is 0 Å². The van der Waals surface area contributed by atoms with Gasteiger partial charge in [0.15, 0.2) is 0 Å². The van der Waals surface area contributed by atoms with Gasteiger partial charge in [0, 0.05) is 5.92 Å². The van der Waals surface area contributed by atoms with Crippen molar-refractivity contribution in [1.29, 1.82) is 5.26 Å². The molecule has 0 spiro atoms. The van der Waals surface area contributed by atoms with Crippen molar-refractivity contribution < 1.29 is 14.3 Å². The maximum Gasteiger partial charge on any atom is 0.319 e. The number of esters is 1. The molecule has 2 unspecified atom stereocenters. The molecule has 26 heavy (non-hydrogen) atoms. The molecule has 0 saturated heterocycles. The van der Waals surface area contributed by atoms with Gasteiger partial charge in [-0.15, -0.1) is 0 Å². The van der Waals surface area contributed by atoms with Crippen molar-refractivity contribution in [2.45, 2.75) is 12.8 Å². The van der Waals surface area contributed by atoms with Gasteiger partial charge in [-0.1, -0.05) is 60.7 Å². The Morgan fingerprint density at radius 2 is 1.73 bits per heavy atom. The van der Waals surface area contributed by atoms with E-state index < -0.39 is 23.7 Å². The molecule has 2 atom stereocenters. The van der Waals surface area contributed by atoms with E-state index in [0.29, 0.717) is 11.3 Å². The second-order valence-corrected chi connectivity index (χ2v) is 5.87. The summed E-state index contributed by atoms with van der Waals surface area (Å²) in [5.74, 6) is -2.88. The van der Waals surface area contributed by atoms with Gasteiger partial charge in [0.2, 0.25) is 5.91 Å². The van der Waals surface area contributed by atoms with E-state index in [9.17, 15) is 14.9 Å². The standard InChI is InChI=1S/C21H18N2O3/c1-2-26-21(25)18-17(14-9-5-3-6-10-14)16(13-22)19(23-20(18)24)15-11-7-4-8-12-15/h3-12,17-18H,2H2,1H3,(H,23,24). The number of rotatable bonds is 4. The second-order valence-electron chi connectivity index (χ2n) is 5.87. The molecule has 1 amide bonds. The molecule has 0 fully saturated rings. The first-order valence-corrected chi connectivity index (χ1v) is 8.39. The van der Waals surface area contributed by atoms with Crippen LogP contribution in [0.2, 0.25) is 0 Å². The predicted octanol–water partition coefficient (Wildman–Crippen LogP) is 3.01. The molecule has 1 heterocycles. The molecule has 2 aromatic rings. The fraction of sp³-hybridized carbons (Fsp3) is 0.190. The van der Waals surface area contributed by atoms with Crippen LogP contribution in [0.15, 0.2) is 66.2 Å². The topological polar surface area (TPSA) is 79.2 Å². The molecule has 0 aliphatic carbocycles. The van der Waals surface area contributed by atoms with E-state index in [-0.39, 0.29) is 6.61 Å². The minimum atomic E-state index is -1.10. The van der Waals surface area contributed by atoms with E-state index in [0.717, 1.165) is 11.1 Å². The number of carbonyl (C=O) groups excluding carboxylic acids is 2. The quantitative estimate of drug-likeness (QED) is 0.682. The van der Waals surface area contributed by atoms with Gasteiger partial charge in [-0.2, -0.15) is 5.26 Å². The molecule has 1 N–H and O–H groups in total. The summed E-state index contributed by atoms with van der Waals surface area (Å²) in [4.78, 5) is 25.3. The van der Waals surface area contributed by atoms with Gasteiger partial charge in [0.25, 0.3) is 0 Å².